The summed E-state index contributed by atoms with van der Waals surface area (Å²) < 4.78 is 1.98. The molecule has 112 valence electrons. The van der Waals surface area contributed by atoms with Crippen LogP contribution in [0.3, 0.4) is 0 Å². The molecule has 3 rings (SSSR count). The smallest absolute Gasteiger partial charge is 0.0644 e. The third kappa shape index (κ3) is 2.38. The Bertz CT molecular complexity index is 644. The number of nitrogens with one attached hydrogen (secondary N) is 1. The Morgan fingerprint density at radius 3 is 2.86 bits per heavy atom. The van der Waals surface area contributed by atoms with E-state index in [0.29, 0.717) is 5.92 Å². The number of aromatic nitrogens is 3. The zero-order valence-electron chi connectivity index (χ0n) is 13.3. The van der Waals surface area contributed by atoms with Crippen LogP contribution in [0.4, 0.5) is 0 Å². The van der Waals surface area contributed by atoms with Gasteiger partial charge in [-0.25, -0.2) is 0 Å². The summed E-state index contributed by atoms with van der Waals surface area (Å²) in [6.45, 7) is 4.26. The van der Waals surface area contributed by atoms with Crippen molar-refractivity contribution in [1.82, 2.24) is 20.1 Å². The normalized spacial score (nSPS) is 19.3. The molecule has 0 bridgehead atoms. The van der Waals surface area contributed by atoms with E-state index < -0.39 is 0 Å². The van der Waals surface area contributed by atoms with Gasteiger partial charge in [-0.2, -0.15) is 5.10 Å². The molecule has 0 spiro atoms. The molecule has 21 heavy (non-hydrogen) atoms. The molecular formula is C17H24N4. The second-order valence-electron chi connectivity index (χ2n) is 6.02. The number of rotatable bonds is 3. The van der Waals surface area contributed by atoms with Gasteiger partial charge in [-0.3, -0.25) is 9.67 Å². The molecule has 2 unspecified atom stereocenters. The lowest BCUT2D eigenvalue weighted by Gasteiger charge is -2.31. The molecule has 0 aromatic carbocycles. The van der Waals surface area contributed by atoms with Gasteiger partial charge in [0.25, 0.3) is 0 Å². The standard InChI is InChI=1S/C17H24N4/c1-11-15(12(2)21(4)20-11)17(18-3)14-9-5-7-13-8-6-10-19-16(13)14/h6,8,10,14,17-18H,5,7,9H2,1-4H3. The van der Waals surface area contributed by atoms with Crippen molar-refractivity contribution < 1.29 is 0 Å². The first-order valence-corrected chi connectivity index (χ1v) is 7.74. The van der Waals surface area contributed by atoms with Crippen molar-refractivity contribution in [2.75, 3.05) is 7.05 Å². The summed E-state index contributed by atoms with van der Waals surface area (Å²) in [7, 11) is 4.07. The third-order valence-electron chi connectivity index (χ3n) is 4.83. The van der Waals surface area contributed by atoms with Crippen molar-refractivity contribution in [3.8, 4) is 0 Å². The Hall–Kier alpha value is -1.68. The van der Waals surface area contributed by atoms with Crippen LogP contribution in [0, 0.1) is 13.8 Å². The minimum atomic E-state index is 0.285. The molecule has 0 amide bonds. The van der Waals surface area contributed by atoms with Gasteiger partial charge in [0, 0.05) is 42.2 Å². The Balaban J connectivity index is 2.06. The average Bonchev–Trinajstić information content (AvgIpc) is 2.75. The number of pyridine rings is 1. The highest BCUT2D eigenvalue weighted by atomic mass is 15.3. The van der Waals surface area contributed by atoms with E-state index in [-0.39, 0.29) is 6.04 Å². The molecule has 1 aliphatic carbocycles. The molecule has 0 aliphatic heterocycles. The molecule has 0 fully saturated rings. The van der Waals surface area contributed by atoms with E-state index >= 15 is 0 Å². The van der Waals surface area contributed by atoms with Gasteiger partial charge in [0.1, 0.15) is 0 Å². The van der Waals surface area contributed by atoms with Crippen LogP contribution < -0.4 is 5.32 Å². The number of hydrogen-bond donors (Lipinski definition) is 1. The van der Waals surface area contributed by atoms with Crippen molar-refractivity contribution in [2.24, 2.45) is 7.05 Å². The highest BCUT2D eigenvalue weighted by Crippen LogP contribution is 2.40. The fourth-order valence-electron chi connectivity index (χ4n) is 3.76. The molecule has 0 radical (unpaired) electrons. The summed E-state index contributed by atoms with van der Waals surface area (Å²) in [5.74, 6) is 0.432. The molecule has 2 atom stereocenters. The minimum absolute atomic E-state index is 0.285. The maximum atomic E-state index is 4.69. The first kappa shape index (κ1) is 14.3. The fourth-order valence-corrected chi connectivity index (χ4v) is 3.76. The van der Waals surface area contributed by atoms with E-state index in [2.05, 4.69) is 36.4 Å². The molecular weight excluding hydrogens is 260 g/mol. The summed E-state index contributed by atoms with van der Waals surface area (Å²) in [5.41, 5.74) is 6.38. The van der Waals surface area contributed by atoms with E-state index in [4.69, 9.17) is 4.98 Å². The van der Waals surface area contributed by atoms with Gasteiger partial charge in [-0.05, 0) is 51.8 Å². The first-order valence-electron chi connectivity index (χ1n) is 7.74. The molecule has 0 saturated heterocycles. The second-order valence-corrected chi connectivity index (χ2v) is 6.02. The highest BCUT2D eigenvalue weighted by molar-refractivity contribution is 5.35. The SMILES string of the molecule is CNC(c1c(C)nn(C)c1C)C1CCCc2cccnc21. The van der Waals surface area contributed by atoms with E-state index in [0.717, 1.165) is 12.1 Å². The number of fused-ring (bicyclic) bond motifs is 1. The van der Waals surface area contributed by atoms with Crippen LogP contribution in [0.5, 0.6) is 0 Å². The second kappa shape index (κ2) is 5.60. The summed E-state index contributed by atoms with van der Waals surface area (Å²) in [6.07, 6.45) is 5.50. The van der Waals surface area contributed by atoms with Crippen molar-refractivity contribution in [3.63, 3.8) is 0 Å². The predicted molar refractivity (Wildman–Crippen MR) is 84.4 cm³/mol. The molecule has 2 aromatic rings. The van der Waals surface area contributed by atoms with Crippen LogP contribution in [-0.4, -0.2) is 21.8 Å². The van der Waals surface area contributed by atoms with Crippen LogP contribution in [0.2, 0.25) is 0 Å². The molecule has 0 saturated carbocycles. The summed E-state index contributed by atoms with van der Waals surface area (Å²) in [5, 5.41) is 8.12. The van der Waals surface area contributed by atoms with Crippen LogP contribution in [0.15, 0.2) is 18.3 Å². The van der Waals surface area contributed by atoms with Crippen molar-refractivity contribution in [1.29, 1.82) is 0 Å². The van der Waals surface area contributed by atoms with Gasteiger partial charge in [-0.15, -0.1) is 0 Å². The van der Waals surface area contributed by atoms with Crippen molar-refractivity contribution in [2.45, 2.75) is 45.1 Å². The summed E-state index contributed by atoms with van der Waals surface area (Å²) in [6, 6.07) is 4.56. The van der Waals surface area contributed by atoms with Gasteiger partial charge in [0.05, 0.1) is 5.69 Å². The Morgan fingerprint density at radius 2 is 2.19 bits per heavy atom. The lowest BCUT2D eigenvalue weighted by molar-refractivity contribution is 0.413. The molecule has 4 heteroatoms. The molecule has 4 nitrogen and oxygen atoms in total. The van der Waals surface area contributed by atoms with Gasteiger partial charge < -0.3 is 5.32 Å². The first-order chi connectivity index (χ1) is 10.1. The monoisotopic (exact) mass is 284 g/mol. The van der Waals surface area contributed by atoms with Crippen molar-refractivity contribution >= 4 is 0 Å². The van der Waals surface area contributed by atoms with E-state index in [1.165, 1.54) is 35.4 Å². The minimum Gasteiger partial charge on any atom is -0.312 e. The van der Waals surface area contributed by atoms with Crippen LogP contribution in [0.25, 0.3) is 0 Å². The number of nitrogens with zero attached hydrogens (tertiary/aromatic N) is 3. The number of aryl methyl sites for hydroxylation is 3. The van der Waals surface area contributed by atoms with Crippen molar-refractivity contribution in [3.05, 3.63) is 46.5 Å². The summed E-state index contributed by atoms with van der Waals surface area (Å²) in [4.78, 5) is 4.69. The maximum Gasteiger partial charge on any atom is 0.0644 e. The quantitative estimate of drug-likeness (QED) is 0.942. The molecule has 2 heterocycles. The van der Waals surface area contributed by atoms with Gasteiger partial charge >= 0.3 is 0 Å². The summed E-state index contributed by atoms with van der Waals surface area (Å²) >= 11 is 0. The zero-order valence-corrected chi connectivity index (χ0v) is 13.3. The largest absolute Gasteiger partial charge is 0.312 e. The topological polar surface area (TPSA) is 42.7 Å². The van der Waals surface area contributed by atoms with Crippen LogP contribution in [-0.2, 0) is 13.5 Å². The molecule has 1 N–H and O–H groups in total. The number of likely N-dealkylation sites (N-methyl/N-ethyl adjacent to an activating group) is 1. The zero-order chi connectivity index (χ0) is 15.0. The van der Waals surface area contributed by atoms with Gasteiger partial charge in [0.15, 0.2) is 0 Å². The van der Waals surface area contributed by atoms with Crippen LogP contribution >= 0.6 is 0 Å². The lowest BCUT2D eigenvalue weighted by Crippen LogP contribution is -2.28. The Morgan fingerprint density at radius 1 is 1.38 bits per heavy atom. The van der Waals surface area contributed by atoms with E-state index in [1.807, 2.05) is 25.0 Å². The third-order valence-corrected chi connectivity index (χ3v) is 4.83. The van der Waals surface area contributed by atoms with Gasteiger partial charge in [0.2, 0.25) is 0 Å². The number of hydrogen-bond acceptors (Lipinski definition) is 3. The maximum absolute atomic E-state index is 4.69. The van der Waals surface area contributed by atoms with E-state index in [1.54, 1.807) is 0 Å². The lowest BCUT2D eigenvalue weighted by atomic mass is 9.79. The van der Waals surface area contributed by atoms with Crippen LogP contribution in [0.1, 0.15) is 53.0 Å². The van der Waals surface area contributed by atoms with Gasteiger partial charge in [-0.1, -0.05) is 6.07 Å². The van der Waals surface area contributed by atoms with E-state index in [9.17, 15) is 0 Å². The average molecular weight is 284 g/mol. The molecule has 1 aliphatic rings. The Labute approximate surface area is 126 Å². The Kier molecular flexibility index (Phi) is 3.81. The highest BCUT2D eigenvalue weighted by Gasteiger charge is 2.32. The fraction of sp³-hybridized carbons (Fsp3) is 0.529. The predicted octanol–water partition coefficient (Wildman–Crippen LogP) is 2.81. The molecule has 2 aromatic heterocycles.